The van der Waals surface area contributed by atoms with Crippen molar-refractivity contribution in [3.8, 4) is 0 Å². The van der Waals surface area contributed by atoms with Gasteiger partial charge in [0.05, 0.1) is 0 Å². The van der Waals surface area contributed by atoms with E-state index in [2.05, 4.69) is 13.0 Å². The highest BCUT2D eigenvalue weighted by molar-refractivity contribution is 5.61. The zero-order valence-corrected chi connectivity index (χ0v) is 8.77. The Bertz CT molecular complexity index is 428. The molecule has 2 unspecified atom stereocenters. The number of aryl methyl sites for hydroxylation is 1. The fourth-order valence-corrected chi connectivity index (χ4v) is 3.74. The molecule has 0 N–H and O–H groups in total. The molecule has 0 heteroatoms. The first-order valence-electron chi connectivity index (χ1n) is 6.07. The van der Waals surface area contributed by atoms with Crippen LogP contribution in [0.3, 0.4) is 0 Å². The average Bonchev–Trinajstić information content (AvgIpc) is 2.09. The van der Waals surface area contributed by atoms with Crippen molar-refractivity contribution >= 4 is 0 Å². The van der Waals surface area contributed by atoms with Gasteiger partial charge in [0, 0.05) is 0 Å². The van der Waals surface area contributed by atoms with E-state index in [1.807, 2.05) is 0 Å². The van der Waals surface area contributed by atoms with Gasteiger partial charge in [-0.15, -0.1) is 0 Å². The number of hydrogen-bond acceptors (Lipinski definition) is 0. The maximum Gasteiger partial charge on any atom is -0.00871 e. The summed E-state index contributed by atoms with van der Waals surface area (Å²) in [6.07, 6.45) is 6.94. The molecule has 14 heavy (non-hydrogen) atoms. The maximum absolute atomic E-state index is 2.54. The smallest absolute Gasteiger partial charge is 0.00871 e. The zero-order valence-electron chi connectivity index (χ0n) is 8.77. The van der Waals surface area contributed by atoms with E-state index in [0.717, 1.165) is 11.8 Å². The van der Waals surface area contributed by atoms with Gasteiger partial charge in [-0.25, -0.2) is 0 Å². The maximum atomic E-state index is 2.54. The molecule has 1 fully saturated rings. The van der Waals surface area contributed by atoms with Crippen LogP contribution < -0.4 is 0 Å². The minimum absolute atomic E-state index is 0.987. The van der Waals surface area contributed by atoms with Crippen LogP contribution in [0.1, 0.15) is 59.4 Å². The zero-order chi connectivity index (χ0) is 9.28. The molecule has 0 bridgehead atoms. The second kappa shape index (κ2) is 2.24. The van der Waals surface area contributed by atoms with Gasteiger partial charge in [0.2, 0.25) is 0 Å². The predicted molar refractivity (Wildman–Crippen MR) is 57.9 cm³/mol. The van der Waals surface area contributed by atoms with Crippen LogP contribution in [-0.4, -0.2) is 0 Å². The van der Waals surface area contributed by atoms with E-state index in [9.17, 15) is 0 Å². The molecule has 2 atom stereocenters. The van der Waals surface area contributed by atoms with Gasteiger partial charge in [0.1, 0.15) is 0 Å². The first-order chi connectivity index (χ1) is 6.90. The van der Waals surface area contributed by atoms with Crippen LogP contribution in [0.2, 0.25) is 0 Å². The molecule has 4 rings (SSSR count). The van der Waals surface area contributed by atoms with Crippen LogP contribution in [0, 0.1) is 0 Å². The van der Waals surface area contributed by atoms with Crippen LogP contribution in [0.25, 0.3) is 0 Å². The summed E-state index contributed by atoms with van der Waals surface area (Å²) in [6.45, 7) is 2.30. The third kappa shape index (κ3) is 0.627. The molecule has 0 nitrogen and oxygen atoms in total. The predicted octanol–water partition coefficient (Wildman–Crippen LogP) is 3.32. The molecule has 1 aromatic carbocycles. The van der Waals surface area contributed by atoms with E-state index in [4.69, 9.17) is 0 Å². The highest BCUT2D eigenvalue weighted by Gasteiger charge is 2.47. The lowest BCUT2D eigenvalue weighted by Crippen LogP contribution is -2.37. The summed E-state index contributed by atoms with van der Waals surface area (Å²) in [7, 11) is 0. The van der Waals surface area contributed by atoms with Crippen LogP contribution in [-0.2, 0) is 19.3 Å². The number of rotatable bonds is 1. The quantitative estimate of drug-likeness (QED) is 0.628. The van der Waals surface area contributed by atoms with E-state index >= 15 is 0 Å². The largest absolute Gasteiger partial charge is 0.0613 e. The topological polar surface area (TPSA) is 0 Å². The van der Waals surface area contributed by atoms with Crippen molar-refractivity contribution in [1.29, 1.82) is 0 Å². The standard InChI is InChI=1S/C14H16/c1-2-8-7-13-10-4-6-12(10)14(13)11-5-3-9(8)11/h7,10,12H,2-6H2,1H3. The highest BCUT2D eigenvalue weighted by atomic mass is 14.5. The Kier molecular flexibility index (Phi) is 1.20. The molecule has 72 valence electrons. The average molecular weight is 184 g/mol. The number of fused-ring (bicyclic) bond motifs is 6. The summed E-state index contributed by atoms with van der Waals surface area (Å²) < 4.78 is 0. The molecular formula is C14H16. The van der Waals surface area contributed by atoms with Gasteiger partial charge in [-0.2, -0.15) is 0 Å². The SMILES string of the molecule is CCc1cc2c(c3c1CC3)C1CCC21. The number of benzene rings is 1. The fraction of sp³-hybridized carbons (Fsp3) is 0.571. The van der Waals surface area contributed by atoms with Crippen molar-refractivity contribution in [3.05, 3.63) is 33.9 Å². The third-order valence-electron chi connectivity index (χ3n) is 4.77. The Balaban J connectivity index is 1.97. The van der Waals surface area contributed by atoms with Crippen molar-refractivity contribution in [1.82, 2.24) is 0 Å². The van der Waals surface area contributed by atoms with E-state index < -0.39 is 0 Å². The lowest BCUT2D eigenvalue weighted by molar-refractivity contribution is 0.289. The van der Waals surface area contributed by atoms with Gasteiger partial charge >= 0.3 is 0 Å². The normalized spacial score (nSPS) is 30.4. The molecule has 3 aliphatic carbocycles. The van der Waals surface area contributed by atoms with Crippen LogP contribution in [0.5, 0.6) is 0 Å². The first-order valence-corrected chi connectivity index (χ1v) is 6.07. The molecular weight excluding hydrogens is 168 g/mol. The Hall–Kier alpha value is -0.780. The lowest BCUT2D eigenvalue weighted by atomic mass is 9.52. The molecule has 0 heterocycles. The molecule has 0 radical (unpaired) electrons. The first kappa shape index (κ1) is 7.50. The Morgan fingerprint density at radius 1 is 1.14 bits per heavy atom. The molecule has 0 aliphatic heterocycles. The summed E-state index contributed by atoms with van der Waals surface area (Å²) >= 11 is 0. The Morgan fingerprint density at radius 3 is 2.50 bits per heavy atom. The molecule has 0 amide bonds. The van der Waals surface area contributed by atoms with E-state index in [0.29, 0.717) is 0 Å². The molecule has 1 aromatic rings. The summed E-state index contributed by atoms with van der Waals surface area (Å²) in [5.41, 5.74) is 8.73. The highest BCUT2D eigenvalue weighted by Crippen LogP contribution is 2.62. The summed E-state index contributed by atoms with van der Waals surface area (Å²) in [6, 6.07) is 2.54. The van der Waals surface area contributed by atoms with Crippen molar-refractivity contribution < 1.29 is 0 Å². The van der Waals surface area contributed by atoms with E-state index in [1.54, 1.807) is 27.8 Å². The summed E-state index contributed by atoms with van der Waals surface area (Å²) in [5, 5.41) is 0. The van der Waals surface area contributed by atoms with Gasteiger partial charge in [-0.1, -0.05) is 13.0 Å². The minimum atomic E-state index is 0.987. The molecule has 0 aromatic heterocycles. The third-order valence-corrected chi connectivity index (χ3v) is 4.77. The van der Waals surface area contributed by atoms with Gasteiger partial charge in [-0.3, -0.25) is 0 Å². The molecule has 0 spiro atoms. The monoisotopic (exact) mass is 184 g/mol. The van der Waals surface area contributed by atoms with Crippen molar-refractivity contribution in [2.75, 3.05) is 0 Å². The second-order valence-electron chi connectivity index (χ2n) is 5.14. The van der Waals surface area contributed by atoms with Crippen molar-refractivity contribution in [2.45, 2.75) is 50.9 Å². The summed E-state index contributed by atoms with van der Waals surface area (Å²) in [4.78, 5) is 0. The van der Waals surface area contributed by atoms with Crippen LogP contribution >= 0.6 is 0 Å². The van der Waals surface area contributed by atoms with Gasteiger partial charge in [0.15, 0.2) is 0 Å². The molecule has 1 saturated carbocycles. The van der Waals surface area contributed by atoms with E-state index in [-0.39, 0.29) is 0 Å². The summed E-state index contributed by atoms with van der Waals surface area (Å²) in [5.74, 6) is 1.99. The number of hydrogen-bond donors (Lipinski definition) is 0. The molecule has 3 aliphatic rings. The second-order valence-corrected chi connectivity index (χ2v) is 5.14. The van der Waals surface area contributed by atoms with Crippen molar-refractivity contribution in [3.63, 3.8) is 0 Å². The minimum Gasteiger partial charge on any atom is -0.0613 e. The fourth-order valence-electron chi connectivity index (χ4n) is 3.74. The van der Waals surface area contributed by atoms with Crippen molar-refractivity contribution in [2.24, 2.45) is 0 Å². The van der Waals surface area contributed by atoms with Gasteiger partial charge in [0.25, 0.3) is 0 Å². The van der Waals surface area contributed by atoms with E-state index in [1.165, 1.54) is 32.1 Å². The Labute approximate surface area is 85.3 Å². The van der Waals surface area contributed by atoms with Crippen LogP contribution in [0.15, 0.2) is 6.07 Å². The molecule has 0 saturated heterocycles. The van der Waals surface area contributed by atoms with Crippen LogP contribution in [0.4, 0.5) is 0 Å². The lowest BCUT2D eigenvalue weighted by Gasteiger charge is -2.52. The van der Waals surface area contributed by atoms with Gasteiger partial charge < -0.3 is 0 Å². The Morgan fingerprint density at radius 2 is 1.93 bits per heavy atom. The van der Waals surface area contributed by atoms with Gasteiger partial charge in [-0.05, 0) is 71.8 Å².